The van der Waals surface area contributed by atoms with Crippen LogP contribution in [0.5, 0.6) is 0 Å². The van der Waals surface area contributed by atoms with Gasteiger partial charge in [0.1, 0.15) is 11.5 Å². The first-order valence-electron chi connectivity index (χ1n) is 8.76. The van der Waals surface area contributed by atoms with Crippen molar-refractivity contribution in [1.29, 1.82) is 0 Å². The SMILES string of the molecule is CNc1cc(NCc2cn3cc(C4CC4)cc(CCO)c3n2)ccn1. The summed E-state index contributed by atoms with van der Waals surface area (Å²) in [5.74, 6) is 1.52. The minimum atomic E-state index is 0.147. The lowest BCUT2D eigenvalue weighted by Gasteiger charge is -2.06. The molecule has 3 heterocycles. The van der Waals surface area contributed by atoms with E-state index < -0.39 is 0 Å². The molecule has 0 amide bonds. The van der Waals surface area contributed by atoms with E-state index in [-0.39, 0.29) is 6.61 Å². The normalized spacial score (nSPS) is 14.0. The van der Waals surface area contributed by atoms with Gasteiger partial charge in [0.05, 0.1) is 12.2 Å². The monoisotopic (exact) mass is 337 g/mol. The molecule has 6 nitrogen and oxygen atoms in total. The predicted molar refractivity (Wildman–Crippen MR) is 99.1 cm³/mol. The van der Waals surface area contributed by atoms with Crippen molar-refractivity contribution in [1.82, 2.24) is 14.4 Å². The van der Waals surface area contributed by atoms with E-state index in [1.807, 2.05) is 19.2 Å². The number of imidazole rings is 1. The fourth-order valence-electron chi connectivity index (χ4n) is 3.14. The van der Waals surface area contributed by atoms with Gasteiger partial charge in [-0.1, -0.05) is 6.07 Å². The standard InChI is InChI=1S/C19H23N5O/c1-20-18-9-16(4-6-21-18)22-10-17-12-24-11-15(13-2-3-13)8-14(5-7-25)19(24)23-17/h4,6,8-9,11-13,25H,2-3,5,7,10H2,1H3,(H2,20,21,22). The molecule has 1 aliphatic carbocycles. The van der Waals surface area contributed by atoms with E-state index >= 15 is 0 Å². The fraction of sp³-hybridized carbons (Fsp3) is 0.368. The third-order valence-corrected chi connectivity index (χ3v) is 4.62. The first-order valence-corrected chi connectivity index (χ1v) is 8.76. The molecule has 0 bridgehead atoms. The van der Waals surface area contributed by atoms with E-state index in [0.29, 0.717) is 18.9 Å². The number of aliphatic hydroxyl groups excluding tert-OH is 1. The van der Waals surface area contributed by atoms with Crippen LogP contribution in [0.4, 0.5) is 11.5 Å². The molecule has 6 heteroatoms. The smallest absolute Gasteiger partial charge is 0.140 e. The maximum absolute atomic E-state index is 9.37. The third-order valence-electron chi connectivity index (χ3n) is 4.62. The molecule has 4 rings (SSSR count). The van der Waals surface area contributed by atoms with Gasteiger partial charge in [-0.25, -0.2) is 9.97 Å². The van der Waals surface area contributed by atoms with Gasteiger partial charge in [-0.3, -0.25) is 0 Å². The van der Waals surface area contributed by atoms with Gasteiger partial charge in [0.2, 0.25) is 0 Å². The average Bonchev–Trinajstić information content (AvgIpc) is 3.40. The van der Waals surface area contributed by atoms with Crippen LogP contribution in [0.25, 0.3) is 5.65 Å². The Labute approximate surface area is 146 Å². The highest BCUT2D eigenvalue weighted by Gasteiger charge is 2.25. The van der Waals surface area contributed by atoms with Crippen LogP contribution in [0, 0.1) is 0 Å². The first-order chi connectivity index (χ1) is 12.3. The number of hydrogen-bond acceptors (Lipinski definition) is 5. The Morgan fingerprint density at radius 1 is 1.28 bits per heavy atom. The van der Waals surface area contributed by atoms with Gasteiger partial charge in [0.25, 0.3) is 0 Å². The van der Waals surface area contributed by atoms with Crippen LogP contribution in [-0.4, -0.2) is 33.1 Å². The molecule has 25 heavy (non-hydrogen) atoms. The molecule has 0 atom stereocenters. The summed E-state index contributed by atoms with van der Waals surface area (Å²) in [7, 11) is 1.86. The molecule has 3 aromatic rings. The van der Waals surface area contributed by atoms with Gasteiger partial charge in [-0.05, 0) is 42.4 Å². The first kappa shape index (κ1) is 15.9. The largest absolute Gasteiger partial charge is 0.396 e. The number of aliphatic hydroxyl groups is 1. The van der Waals surface area contributed by atoms with Crippen molar-refractivity contribution in [2.75, 3.05) is 24.3 Å². The van der Waals surface area contributed by atoms with Crippen LogP contribution in [0.15, 0.2) is 36.8 Å². The second-order valence-electron chi connectivity index (χ2n) is 6.54. The molecule has 0 radical (unpaired) electrons. The lowest BCUT2D eigenvalue weighted by molar-refractivity contribution is 0.300. The molecule has 0 aliphatic heterocycles. The summed E-state index contributed by atoms with van der Waals surface area (Å²) in [5, 5.41) is 15.8. The number of fused-ring (bicyclic) bond motifs is 1. The number of hydrogen-bond donors (Lipinski definition) is 3. The van der Waals surface area contributed by atoms with Crippen molar-refractivity contribution >= 4 is 17.2 Å². The molecular weight excluding hydrogens is 314 g/mol. The fourth-order valence-corrected chi connectivity index (χ4v) is 3.14. The minimum Gasteiger partial charge on any atom is -0.396 e. The van der Waals surface area contributed by atoms with E-state index in [2.05, 4.69) is 38.5 Å². The second kappa shape index (κ2) is 6.72. The second-order valence-corrected chi connectivity index (χ2v) is 6.54. The van der Waals surface area contributed by atoms with E-state index in [0.717, 1.165) is 28.4 Å². The van der Waals surface area contributed by atoms with Gasteiger partial charge in [-0.15, -0.1) is 0 Å². The Balaban J connectivity index is 1.58. The summed E-state index contributed by atoms with van der Waals surface area (Å²) in [6, 6.07) is 6.13. The summed E-state index contributed by atoms with van der Waals surface area (Å²) in [5.41, 5.74) is 5.42. The zero-order valence-electron chi connectivity index (χ0n) is 14.4. The van der Waals surface area contributed by atoms with Crippen LogP contribution in [0.2, 0.25) is 0 Å². The van der Waals surface area contributed by atoms with Gasteiger partial charge in [-0.2, -0.15) is 0 Å². The summed E-state index contributed by atoms with van der Waals surface area (Å²) in [6.07, 6.45) is 9.22. The zero-order chi connectivity index (χ0) is 17.2. The topological polar surface area (TPSA) is 74.5 Å². The van der Waals surface area contributed by atoms with Crippen molar-refractivity contribution in [2.24, 2.45) is 0 Å². The lowest BCUT2D eigenvalue weighted by Crippen LogP contribution is -2.01. The van der Waals surface area contributed by atoms with Crippen LogP contribution in [-0.2, 0) is 13.0 Å². The molecule has 0 aromatic carbocycles. The van der Waals surface area contributed by atoms with E-state index in [1.165, 1.54) is 18.4 Å². The highest BCUT2D eigenvalue weighted by Crippen LogP contribution is 2.40. The van der Waals surface area contributed by atoms with Crippen molar-refractivity contribution < 1.29 is 5.11 Å². The van der Waals surface area contributed by atoms with Crippen molar-refractivity contribution in [3.63, 3.8) is 0 Å². The summed E-state index contributed by atoms with van der Waals surface area (Å²) in [6.45, 7) is 0.792. The Bertz CT molecular complexity index is 885. The maximum Gasteiger partial charge on any atom is 0.140 e. The Hall–Kier alpha value is -2.60. The molecule has 130 valence electrons. The molecule has 3 N–H and O–H groups in total. The molecule has 1 aliphatic rings. The van der Waals surface area contributed by atoms with Crippen molar-refractivity contribution in [3.05, 3.63) is 53.6 Å². The zero-order valence-corrected chi connectivity index (χ0v) is 14.4. The van der Waals surface area contributed by atoms with Gasteiger partial charge < -0.3 is 20.1 Å². The van der Waals surface area contributed by atoms with Gasteiger partial charge in [0, 0.05) is 44.0 Å². The van der Waals surface area contributed by atoms with Gasteiger partial charge in [0.15, 0.2) is 0 Å². The number of aromatic nitrogens is 3. The highest BCUT2D eigenvalue weighted by molar-refractivity contribution is 5.54. The number of pyridine rings is 2. The molecule has 0 saturated heterocycles. The van der Waals surface area contributed by atoms with E-state index in [9.17, 15) is 5.11 Å². The molecule has 0 unspecified atom stereocenters. The Morgan fingerprint density at radius 3 is 2.92 bits per heavy atom. The van der Waals surface area contributed by atoms with Crippen molar-refractivity contribution in [2.45, 2.75) is 31.7 Å². The highest BCUT2D eigenvalue weighted by atomic mass is 16.2. The number of nitrogens with one attached hydrogen (secondary N) is 2. The van der Waals surface area contributed by atoms with Crippen LogP contribution >= 0.6 is 0 Å². The number of anilines is 2. The Kier molecular flexibility index (Phi) is 4.28. The average molecular weight is 337 g/mol. The van der Waals surface area contributed by atoms with Crippen LogP contribution < -0.4 is 10.6 Å². The summed E-state index contributed by atoms with van der Waals surface area (Å²) < 4.78 is 2.11. The molecular formula is C19H23N5O. The van der Waals surface area contributed by atoms with Gasteiger partial charge >= 0.3 is 0 Å². The van der Waals surface area contributed by atoms with Crippen LogP contribution in [0.3, 0.4) is 0 Å². The van der Waals surface area contributed by atoms with Crippen molar-refractivity contribution in [3.8, 4) is 0 Å². The summed E-state index contributed by atoms with van der Waals surface area (Å²) in [4.78, 5) is 8.99. The molecule has 3 aromatic heterocycles. The maximum atomic E-state index is 9.37. The molecule has 0 spiro atoms. The Morgan fingerprint density at radius 2 is 2.16 bits per heavy atom. The van der Waals surface area contributed by atoms with E-state index in [1.54, 1.807) is 6.20 Å². The summed E-state index contributed by atoms with van der Waals surface area (Å²) >= 11 is 0. The number of nitrogens with zero attached hydrogens (tertiary/aromatic N) is 3. The molecule has 1 fully saturated rings. The van der Waals surface area contributed by atoms with Crippen LogP contribution in [0.1, 0.15) is 35.6 Å². The van der Waals surface area contributed by atoms with E-state index in [4.69, 9.17) is 4.98 Å². The predicted octanol–water partition coefficient (Wildman–Crippen LogP) is 2.80. The minimum absolute atomic E-state index is 0.147. The molecule has 1 saturated carbocycles. The third kappa shape index (κ3) is 3.44. The number of rotatable bonds is 7. The quantitative estimate of drug-likeness (QED) is 0.618. The lowest BCUT2D eigenvalue weighted by atomic mass is 10.1.